The van der Waals surface area contributed by atoms with E-state index in [1.54, 1.807) is 0 Å². The molecule has 1 heterocycles. The molecule has 2 atom stereocenters. The van der Waals surface area contributed by atoms with Crippen LogP contribution in [0.5, 0.6) is 0 Å². The van der Waals surface area contributed by atoms with Crippen molar-refractivity contribution in [3.63, 3.8) is 0 Å². The third kappa shape index (κ3) is 2.75. The maximum Gasteiger partial charge on any atom is 0.310 e. The number of benzene rings is 1. The number of nitrogens with one attached hydrogen (secondary N) is 1. The second-order valence-corrected chi connectivity index (χ2v) is 5.54. The van der Waals surface area contributed by atoms with E-state index in [4.69, 9.17) is 4.74 Å². The van der Waals surface area contributed by atoms with E-state index in [9.17, 15) is 4.79 Å². The molecule has 1 fully saturated rings. The summed E-state index contributed by atoms with van der Waals surface area (Å²) in [6.07, 6.45) is 0. The highest BCUT2D eigenvalue weighted by molar-refractivity contribution is 9.10. The number of rotatable bonds is 3. The molecule has 1 saturated heterocycles. The average Bonchev–Trinajstić information content (AvgIpc) is 2.78. The van der Waals surface area contributed by atoms with Gasteiger partial charge >= 0.3 is 5.97 Å². The van der Waals surface area contributed by atoms with E-state index in [1.807, 2.05) is 13.0 Å². The SMILES string of the molecule is CCOC(=O)[C@@H]1CNC[C@H]1c1ccc(Br)cc1C. The summed E-state index contributed by atoms with van der Waals surface area (Å²) in [5.74, 6) is 0.0665. The van der Waals surface area contributed by atoms with Gasteiger partial charge in [0.1, 0.15) is 0 Å². The molecule has 0 spiro atoms. The number of carbonyl (C=O) groups is 1. The van der Waals surface area contributed by atoms with Crippen LogP contribution in [0.15, 0.2) is 22.7 Å². The van der Waals surface area contributed by atoms with Gasteiger partial charge in [0.25, 0.3) is 0 Å². The zero-order valence-electron chi connectivity index (χ0n) is 10.7. The van der Waals surface area contributed by atoms with Crippen LogP contribution >= 0.6 is 15.9 Å². The lowest BCUT2D eigenvalue weighted by Crippen LogP contribution is -2.24. The molecule has 0 radical (unpaired) electrons. The number of carbonyl (C=O) groups excluding carboxylic acids is 1. The Morgan fingerprint density at radius 1 is 1.50 bits per heavy atom. The van der Waals surface area contributed by atoms with E-state index in [-0.39, 0.29) is 17.8 Å². The van der Waals surface area contributed by atoms with Gasteiger partial charge in [-0.2, -0.15) is 0 Å². The van der Waals surface area contributed by atoms with Gasteiger partial charge in [0.2, 0.25) is 0 Å². The van der Waals surface area contributed by atoms with Crippen molar-refractivity contribution in [3.8, 4) is 0 Å². The Morgan fingerprint density at radius 2 is 2.28 bits per heavy atom. The van der Waals surface area contributed by atoms with E-state index in [0.717, 1.165) is 11.0 Å². The molecule has 0 aliphatic carbocycles. The van der Waals surface area contributed by atoms with Crippen LogP contribution in [0.25, 0.3) is 0 Å². The zero-order chi connectivity index (χ0) is 13.1. The summed E-state index contributed by atoms with van der Waals surface area (Å²) in [5.41, 5.74) is 2.45. The van der Waals surface area contributed by atoms with E-state index < -0.39 is 0 Å². The lowest BCUT2D eigenvalue weighted by Gasteiger charge is -2.19. The number of ether oxygens (including phenoxy) is 1. The highest BCUT2D eigenvalue weighted by Gasteiger charge is 2.35. The Balaban J connectivity index is 2.23. The molecule has 0 saturated carbocycles. The number of halogens is 1. The van der Waals surface area contributed by atoms with Crippen LogP contribution in [0.1, 0.15) is 24.0 Å². The van der Waals surface area contributed by atoms with Crippen molar-refractivity contribution in [2.45, 2.75) is 19.8 Å². The van der Waals surface area contributed by atoms with Crippen LogP contribution in [0.4, 0.5) is 0 Å². The van der Waals surface area contributed by atoms with Crippen molar-refractivity contribution in [1.82, 2.24) is 5.32 Å². The summed E-state index contributed by atoms with van der Waals surface area (Å²) in [4.78, 5) is 11.9. The second kappa shape index (κ2) is 5.85. The molecule has 1 N–H and O–H groups in total. The molecular formula is C14H18BrNO2. The topological polar surface area (TPSA) is 38.3 Å². The minimum absolute atomic E-state index is 0.0650. The van der Waals surface area contributed by atoms with Crippen molar-refractivity contribution < 1.29 is 9.53 Å². The van der Waals surface area contributed by atoms with Gasteiger partial charge in [-0.15, -0.1) is 0 Å². The van der Waals surface area contributed by atoms with Crippen molar-refractivity contribution in [2.75, 3.05) is 19.7 Å². The van der Waals surface area contributed by atoms with E-state index in [2.05, 4.69) is 40.3 Å². The van der Waals surface area contributed by atoms with E-state index in [0.29, 0.717) is 13.2 Å². The summed E-state index contributed by atoms with van der Waals surface area (Å²) in [7, 11) is 0. The lowest BCUT2D eigenvalue weighted by molar-refractivity contribution is -0.147. The molecule has 2 rings (SSSR count). The van der Waals surface area contributed by atoms with Crippen molar-refractivity contribution in [2.24, 2.45) is 5.92 Å². The Bertz CT molecular complexity index is 447. The van der Waals surface area contributed by atoms with Gasteiger partial charge in [-0.05, 0) is 37.1 Å². The Morgan fingerprint density at radius 3 is 2.94 bits per heavy atom. The Labute approximate surface area is 116 Å². The van der Waals surface area contributed by atoms with Crippen LogP contribution in [0.3, 0.4) is 0 Å². The fourth-order valence-electron chi connectivity index (χ4n) is 2.56. The highest BCUT2D eigenvalue weighted by atomic mass is 79.9. The van der Waals surface area contributed by atoms with E-state index >= 15 is 0 Å². The van der Waals surface area contributed by atoms with Gasteiger partial charge in [-0.1, -0.05) is 22.0 Å². The minimum atomic E-state index is -0.0881. The molecule has 98 valence electrons. The number of hydrogen-bond donors (Lipinski definition) is 1. The maximum absolute atomic E-state index is 11.9. The zero-order valence-corrected chi connectivity index (χ0v) is 12.3. The summed E-state index contributed by atoms with van der Waals surface area (Å²) in [5, 5.41) is 3.29. The third-order valence-electron chi connectivity index (χ3n) is 3.43. The Kier molecular flexibility index (Phi) is 4.40. The van der Waals surface area contributed by atoms with Crippen molar-refractivity contribution in [1.29, 1.82) is 0 Å². The first-order valence-electron chi connectivity index (χ1n) is 6.27. The van der Waals surface area contributed by atoms with Gasteiger partial charge < -0.3 is 10.1 Å². The second-order valence-electron chi connectivity index (χ2n) is 4.62. The van der Waals surface area contributed by atoms with Crippen LogP contribution in [-0.4, -0.2) is 25.7 Å². The van der Waals surface area contributed by atoms with Gasteiger partial charge in [0.15, 0.2) is 0 Å². The fourth-order valence-corrected chi connectivity index (χ4v) is 3.03. The molecule has 4 heteroatoms. The molecule has 1 aliphatic heterocycles. The molecule has 0 bridgehead atoms. The molecule has 1 aromatic carbocycles. The predicted octanol–water partition coefficient (Wildman–Crippen LogP) is 2.62. The summed E-state index contributed by atoms with van der Waals surface area (Å²) < 4.78 is 6.22. The van der Waals surface area contributed by atoms with Crippen LogP contribution in [0, 0.1) is 12.8 Å². The lowest BCUT2D eigenvalue weighted by atomic mass is 9.86. The first-order valence-corrected chi connectivity index (χ1v) is 7.06. The first kappa shape index (κ1) is 13.6. The Hall–Kier alpha value is -0.870. The largest absolute Gasteiger partial charge is 0.466 e. The molecule has 0 amide bonds. The highest BCUT2D eigenvalue weighted by Crippen LogP contribution is 2.32. The molecule has 1 aliphatic rings. The fraction of sp³-hybridized carbons (Fsp3) is 0.500. The van der Waals surface area contributed by atoms with E-state index in [1.165, 1.54) is 11.1 Å². The minimum Gasteiger partial charge on any atom is -0.466 e. The standard InChI is InChI=1S/C14H18BrNO2/c1-3-18-14(17)13-8-16-7-12(13)11-5-4-10(15)6-9(11)2/h4-6,12-13,16H,3,7-8H2,1-2H3/t12-,13+/m0/s1. The first-order chi connectivity index (χ1) is 8.63. The van der Waals surface area contributed by atoms with Crippen LogP contribution in [-0.2, 0) is 9.53 Å². The van der Waals surface area contributed by atoms with Crippen molar-refractivity contribution in [3.05, 3.63) is 33.8 Å². The molecule has 0 unspecified atom stereocenters. The molecule has 3 nitrogen and oxygen atoms in total. The molecule has 1 aromatic rings. The van der Waals surface area contributed by atoms with Crippen LogP contribution < -0.4 is 5.32 Å². The van der Waals surface area contributed by atoms with Gasteiger partial charge in [0, 0.05) is 23.5 Å². The maximum atomic E-state index is 11.9. The number of hydrogen-bond acceptors (Lipinski definition) is 3. The number of esters is 1. The van der Waals surface area contributed by atoms with Crippen LogP contribution in [0.2, 0.25) is 0 Å². The molecular weight excluding hydrogens is 294 g/mol. The average molecular weight is 312 g/mol. The predicted molar refractivity (Wildman–Crippen MR) is 74.6 cm³/mol. The van der Waals surface area contributed by atoms with Gasteiger partial charge in [-0.25, -0.2) is 0 Å². The monoisotopic (exact) mass is 311 g/mol. The van der Waals surface area contributed by atoms with Gasteiger partial charge in [-0.3, -0.25) is 4.79 Å². The number of aryl methyl sites for hydroxylation is 1. The third-order valence-corrected chi connectivity index (χ3v) is 3.93. The van der Waals surface area contributed by atoms with Gasteiger partial charge in [0.05, 0.1) is 12.5 Å². The summed E-state index contributed by atoms with van der Waals surface area (Å²) >= 11 is 3.47. The smallest absolute Gasteiger partial charge is 0.310 e. The van der Waals surface area contributed by atoms with Crippen molar-refractivity contribution >= 4 is 21.9 Å². The summed E-state index contributed by atoms with van der Waals surface area (Å²) in [6.45, 7) is 5.92. The molecule has 18 heavy (non-hydrogen) atoms. The summed E-state index contributed by atoms with van der Waals surface area (Å²) in [6, 6.07) is 6.22. The molecule has 0 aromatic heterocycles. The normalized spacial score (nSPS) is 23.1. The quantitative estimate of drug-likeness (QED) is 0.872.